The molecule has 1 aliphatic heterocycles. The normalized spacial score (nSPS) is 13.0. The number of halogens is 4. The van der Waals surface area contributed by atoms with Gasteiger partial charge in [-0.2, -0.15) is 13.2 Å². The van der Waals surface area contributed by atoms with Gasteiger partial charge in [0.15, 0.2) is 0 Å². The van der Waals surface area contributed by atoms with Gasteiger partial charge in [0.1, 0.15) is 5.82 Å². The van der Waals surface area contributed by atoms with Crippen LogP contribution in [0.5, 0.6) is 0 Å². The van der Waals surface area contributed by atoms with Gasteiger partial charge in [-0.05, 0) is 42.2 Å². The van der Waals surface area contributed by atoms with Crippen molar-refractivity contribution >= 4 is 22.8 Å². The van der Waals surface area contributed by atoms with E-state index in [1.54, 1.807) is 0 Å². The molecule has 31 heavy (non-hydrogen) atoms. The molecule has 1 amide bonds. The van der Waals surface area contributed by atoms with Gasteiger partial charge < -0.3 is 21.1 Å². The van der Waals surface area contributed by atoms with Crippen molar-refractivity contribution in [3.8, 4) is 11.1 Å². The molecule has 4 rings (SSSR count). The van der Waals surface area contributed by atoms with Crippen molar-refractivity contribution in [2.75, 3.05) is 0 Å². The number of rotatable bonds is 2. The first-order chi connectivity index (χ1) is 14.4. The van der Waals surface area contributed by atoms with Crippen molar-refractivity contribution in [1.29, 1.82) is 0 Å². The number of aryl methyl sites for hydroxylation is 2. The van der Waals surface area contributed by atoms with E-state index in [1.807, 2.05) is 26.0 Å². The van der Waals surface area contributed by atoms with E-state index in [0.717, 1.165) is 34.3 Å². The fraction of sp³-hybridized carbons (Fsp3) is 0.238. The Morgan fingerprint density at radius 2 is 1.81 bits per heavy atom. The van der Waals surface area contributed by atoms with Crippen LogP contribution in [0, 0.1) is 19.7 Å². The lowest BCUT2D eigenvalue weighted by molar-refractivity contribution is -0.192. The van der Waals surface area contributed by atoms with Crippen LogP contribution in [0.3, 0.4) is 0 Å². The zero-order valence-corrected chi connectivity index (χ0v) is 16.6. The van der Waals surface area contributed by atoms with E-state index in [-0.39, 0.29) is 5.56 Å². The summed E-state index contributed by atoms with van der Waals surface area (Å²) in [4.78, 5) is 23.8. The number of carbonyl (C=O) groups is 2. The first kappa shape index (κ1) is 22.3. The quantitative estimate of drug-likeness (QED) is 0.456. The zero-order chi connectivity index (χ0) is 23.1. The van der Waals surface area contributed by atoms with Gasteiger partial charge in [-0.1, -0.05) is 18.2 Å². The first-order valence-corrected chi connectivity index (χ1v) is 9.16. The van der Waals surface area contributed by atoms with Crippen molar-refractivity contribution < 1.29 is 32.3 Å². The van der Waals surface area contributed by atoms with E-state index in [0.29, 0.717) is 17.6 Å². The van der Waals surface area contributed by atoms with Crippen LogP contribution >= 0.6 is 0 Å². The number of aromatic amines is 1. The highest BCUT2D eigenvalue weighted by atomic mass is 19.4. The summed E-state index contributed by atoms with van der Waals surface area (Å²) in [5, 5.41) is 11.2. The Bertz CT molecular complexity index is 1200. The average Bonchev–Trinajstić information content (AvgIpc) is 3.26. The second-order valence-corrected chi connectivity index (χ2v) is 7.12. The van der Waals surface area contributed by atoms with Crippen LogP contribution in [0.2, 0.25) is 0 Å². The highest BCUT2D eigenvalue weighted by Gasteiger charge is 2.38. The topological polar surface area (TPSA) is 108 Å². The standard InChI is InChI=1S/C19H18FN3O.C2HF3O2/c1-9-10(2)23-18-13(19(21)24)6-15(20)17(16(9)18)12-5-3-4-11-7-22-8-14(11)12;3-2(4,5)1(6)7/h3-6,22-23H,7-8H2,1-2H3,(H2,21,24);(H,6,7). The molecule has 0 spiro atoms. The molecule has 0 unspecified atom stereocenters. The summed E-state index contributed by atoms with van der Waals surface area (Å²) >= 11 is 0. The highest BCUT2D eigenvalue weighted by Crippen LogP contribution is 2.39. The molecule has 0 aliphatic carbocycles. The lowest BCUT2D eigenvalue weighted by Crippen LogP contribution is -2.21. The van der Waals surface area contributed by atoms with Crippen LogP contribution < -0.4 is 11.1 Å². The van der Waals surface area contributed by atoms with Crippen molar-refractivity contribution in [3.63, 3.8) is 0 Å². The summed E-state index contributed by atoms with van der Waals surface area (Å²) in [5.74, 6) is -3.81. The number of alkyl halides is 3. The maximum Gasteiger partial charge on any atom is 0.490 e. The molecule has 164 valence electrons. The fourth-order valence-corrected chi connectivity index (χ4v) is 3.65. The highest BCUT2D eigenvalue weighted by molar-refractivity contribution is 6.11. The van der Waals surface area contributed by atoms with Gasteiger partial charge in [-0.15, -0.1) is 0 Å². The Hall–Kier alpha value is -3.40. The number of fused-ring (bicyclic) bond motifs is 2. The molecule has 2 heterocycles. The molecule has 0 saturated carbocycles. The molecule has 0 bridgehead atoms. The average molecular weight is 437 g/mol. The third-order valence-electron chi connectivity index (χ3n) is 5.20. The molecule has 1 aromatic heterocycles. The Morgan fingerprint density at radius 3 is 2.39 bits per heavy atom. The summed E-state index contributed by atoms with van der Waals surface area (Å²) in [6.45, 7) is 5.35. The molecule has 0 saturated heterocycles. The largest absolute Gasteiger partial charge is 0.490 e. The number of primary amides is 1. The van der Waals surface area contributed by atoms with Crippen molar-refractivity contribution in [3.05, 3.63) is 58.0 Å². The van der Waals surface area contributed by atoms with Gasteiger partial charge in [0.25, 0.3) is 5.91 Å². The summed E-state index contributed by atoms with van der Waals surface area (Å²) in [6.07, 6.45) is -5.08. The zero-order valence-electron chi connectivity index (χ0n) is 16.6. The van der Waals surface area contributed by atoms with Gasteiger partial charge in [-0.25, -0.2) is 9.18 Å². The Kier molecular flexibility index (Phi) is 5.77. The Morgan fingerprint density at radius 1 is 1.16 bits per heavy atom. The number of benzene rings is 2. The number of carbonyl (C=O) groups excluding carboxylic acids is 1. The van der Waals surface area contributed by atoms with Crippen molar-refractivity contribution in [1.82, 2.24) is 10.3 Å². The Labute approximate surface area is 174 Å². The molecule has 6 nitrogen and oxygen atoms in total. The molecule has 3 aromatic rings. The lowest BCUT2D eigenvalue weighted by Gasteiger charge is -2.13. The fourth-order valence-electron chi connectivity index (χ4n) is 3.65. The second-order valence-electron chi connectivity index (χ2n) is 7.12. The molecule has 0 radical (unpaired) electrons. The third kappa shape index (κ3) is 4.11. The number of carboxylic acid groups (broad SMARTS) is 1. The predicted molar refractivity (Wildman–Crippen MR) is 106 cm³/mol. The van der Waals surface area contributed by atoms with Crippen LogP contribution in [-0.2, 0) is 17.9 Å². The van der Waals surface area contributed by atoms with Crippen LogP contribution in [0.4, 0.5) is 17.6 Å². The molecule has 10 heteroatoms. The van der Waals surface area contributed by atoms with Gasteiger partial charge in [0, 0.05) is 29.7 Å². The van der Waals surface area contributed by atoms with Crippen LogP contribution in [0.15, 0.2) is 24.3 Å². The van der Waals surface area contributed by atoms with Crippen molar-refractivity contribution in [2.24, 2.45) is 5.73 Å². The van der Waals surface area contributed by atoms with Gasteiger partial charge >= 0.3 is 12.1 Å². The Balaban J connectivity index is 0.000000339. The number of hydrogen-bond donors (Lipinski definition) is 4. The van der Waals surface area contributed by atoms with Crippen LogP contribution in [0.25, 0.3) is 22.0 Å². The number of amides is 1. The molecule has 2 aromatic carbocycles. The summed E-state index contributed by atoms with van der Waals surface area (Å²) in [6, 6.07) is 7.19. The minimum absolute atomic E-state index is 0.188. The lowest BCUT2D eigenvalue weighted by atomic mass is 9.91. The first-order valence-electron chi connectivity index (χ1n) is 9.16. The smallest absolute Gasteiger partial charge is 0.475 e. The van der Waals surface area contributed by atoms with E-state index in [4.69, 9.17) is 15.6 Å². The van der Waals surface area contributed by atoms with Crippen LogP contribution in [-0.4, -0.2) is 28.1 Å². The maximum absolute atomic E-state index is 15.0. The van der Waals surface area contributed by atoms with E-state index < -0.39 is 23.9 Å². The number of nitrogens with two attached hydrogens (primary N) is 1. The number of H-pyrrole nitrogens is 1. The summed E-state index contributed by atoms with van der Waals surface area (Å²) < 4.78 is 46.8. The van der Waals surface area contributed by atoms with E-state index in [2.05, 4.69) is 16.4 Å². The van der Waals surface area contributed by atoms with E-state index in [1.165, 1.54) is 11.6 Å². The molecular formula is C21H19F4N3O3. The van der Waals surface area contributed by atoms with Crippen LogP contribution in [0.1, 0.15) is 32.7 Å². The molecule has 0 fully saturated rings. The second kappa shape index (κ2) is 8.03. The molecule has 0 atom stereocenters. The minimum Gasteiger partial charge on any atom is -0.475 e. The van der Waals surface area contributed by atoms with Crippen molar-refractivity contribution in [2.45, 2.75) is 33.1 Å². The monoisotopic (exact) mass is 437 g/mol. The van der Waals surface area contributed by atoms with Gasteiger partial charge in [0.05, 0.1) is 11.1 Å². The number of nitrogens with one attached hydrogen (secondary N) is 2. The maximum atomic E-state index is 15.0. The SMILES string of the molecule is Cc1[nH]c2c(C(N)=O)cc(F)c(-c3cccc4c3CNC4)c2c1C.O=C(O)C(F)(F)F. The van der Waals surface area contributed by atoms with E-state index >= 15 is 4.39 Å². The summed E-state index contributed by atoms with van der Waals surface area (Å²) in [7, 11) is 0. The molecule has 1 aliphatic rings. The number of aromatic nitrogens is 1. The van der Waals surface area contributed by atoms with Gasteiger partial charge in [0.2, 0.25) is 0 Å². The number of aliphatic carboxylic acids is 1. The minimum atomic E-state index is -5.08. The predicted octanol–water partition coefficient (Wildman–Crippen LogP) is 3.93. The van der Waals surface area contributed by atoms with E-state index in [9.17, 15) is 18.0 Å². The molecular weight excluding hydrogens is 418 g/mol. The molecule has 5 N–H and O–H groups in total. The summed E-state index contributed by atoms with van der Waals surface area (Å²) in [5.41, 5.74) is 11.8. The van der Waals surface area contributed by atoms with Gasteiger partial charge in [-0.3, -0.25) is 4.79 Å². The third-order valence-corrected chi connectivity index (χ3v) is 5.20. The number of hydrogen-bond acceptors (Lipinski definition) is 3. The number of carboxylic acids is 1.